The molecule has 15 heavy (non-hydrogen) atoms. The van der Waals surface area contributed by atoms with Gasteiger partial charge in [0.15, 0.2) is 0 Å². The number of nitrogens with one attached hydrogen (secondary N) is 2. The van der Waals surface area contributed by atoms with E-state index < -0.39 is 6.03 Å². The maximum absolute atomic E-state index is 11.2. The van der Waals surface area contributed by atoms with Gasteiger partial charge in [0, 0.05) is 18.8 Å². The van der Waals surface area contributed by atoms with Crippen LogP contribution in [0, 0.1) is 5.41 Å². The molecule has 1 saturated carbocycles. The number of carbonyl (C=O) groups excluding carboxylic acids is 2. The molecule has 0 heterocycles. The van der Waals surface area contributed by atoms with Gasteiger partial charge in [-0.05, 0) is 18.3 Å². The molecular formula is C10H17ClN2O2. The minimum atomic E-state index is -0.418. The Morgan fingerprint density at radius 2 is 2.07 bits per heavy atom. The second-order valence-corrected chi connectivity index (χ2v) is 4.71. The Balaban J connectivity index is 2.15. The normalized spacial score (nSPS) is 17.7. The summed E-state index contributed by atoms with van der Waals surface area (Å²) < 4.78 is 0. The van der Waals surface area contributed by atoms with Crippen LogP contribution in [0.25, 0.3) is 0 Å². The predicted octanol–water partition coefficient (Wildman–Crippen LogP) is 1.63. The molecular weight excluding hydrogens is 216 g/mol. The van der Waals surface area contributed by atoms with Crippen LogP contribution in [-0.4, -0.2) is 24.4 Å². The van der Waals surface area contributed by atoms with Crippen molar-refractivity contribution in [2.75, 3.05) is 12.4 Å². The highest BCUT2D eigenvalue weighted by Gasteiger charge is 2.31. The Bertz CT molecular complexity index is 252. The molecule has 1 aliphatic rings. The second-order valence-electron chi connectivity index (χ2n) is 4.33. The molecule has 4 nitrogen and oxygen atoms in total. The summed E-state index contributed by atoms with van der Waals surface area (Å²) in [6.07, 6.45) is 3.68. The van der Waals surface area contributed by atoms with E-state index in [1.165, 1.54) is 6.42 Å². The third-order valence-corrected chi connectivity index (χ3v) is 3.00. The van der Waals surface area contributed by atoms with Gasteiger partial charge in [0.2, 0.25) is 5.91 Å². The van der Waals surface area contributed by atoms with E-state index in [9.17, 15) is 9.59 Å². The fraction of sp³-hybridized carbons (Fsp3) is 0.800. The zero-order valence-corrected chi connectivity index (χ0v) is 9.69. The van der Waals surface area contributed by atoms with E-state index in [1.54, 1.807) is 0 Å². The summed E-state index contributed by atoms with van der Waals surface area (Å²) in [7, 11) is 0. The fourth-order valence-corrected chi connectivity index (χ4v) is 1.74. The molecule has 0 aliphatic heterocycles. The van der Waals surface area contributed by atoms with Gasteiger partial charge in [0.1, 0.15) is 0 Å². The Morgan fingerprint density at radius 1 is 1.40 bits per heavy atom. The fourth-order valence-electron chi connectivity index (χ4n) is 1.57. The lowest BCUT2D eigenvalue weighted by Gasteiger charge is -2.38. The zero-order valence-electron chi connectivity index (χ0n) is 8.94. The van der Waals surface area contributed by atoms with Crippen LogP contribution >= 0.6 is 11.6 Å². The first-order chi connectivity index (χ1) is 7.06. The topological polar surface area (TPSA) is 58.2 Å². The number of hydrogen-bond acceptors (Lipinski definition) is 2. The number of halogens is 1. The Kier molecular flexibility index (Phi) is 4.39. The number of hydrogen-bond donors (Lipinski definition) is 2. The number of carbonyl (C=O) groups is 2. The minimum Gasteiger partial charge on any atom is -0.337 e. The zero-order chi connectivity index (χ0) is 11.3. The highest BCUT2D eigenvalue weighted by Crippen LogP contribution is 2.39. The molecule has 5 heteroatoms. The minimum absolute atomic E-state index is 0.173. The van der Waals surface area contributed by atoms with Gasteiger partial charge in [-0.2, -0.15) is 0 Å². The third-order valence-electron chi connectivity index (χ3n) is 2.81. The quantitative estimate of drug-likeness (QED) is 0.724. The van der Waals surface area contributed by atoms with E-state index in [2.05, 4.69) is 17.6 Å². The molecule has 0 spiro atoms. The number of alkyl halides is 1. The SMILES string of the molecule is CC1(CNC(=O)NC(=O)CCCl)CCC1. The smallest absolute Gasteiger partial charge is 0.321 e. The van der Waals surface area contributed by atoms with Gasteiger partial charge in [-0.25, -0.2) is 4.79 Å². The summed E-state index contributed by atoms with van der Waals surface area (Å²) >= 11 is 5.37. The van der Waals surface area contributed by atoms with Crippen LogP contribution in [0.15, 0.2) is 0 Å². The first kappa shape index (κ1) is 12.3. The van der Waals surface area contributed by atoms with E-state index in [0.717, 1.165) is 12.8 Å². The standard InChI is InChI=1S/C10H17ClN2O2/c1-10(4-2-5-10)7-12-9(15)13-8(14)3-6-11/h2-7H2,1H3,(H2,12,13,14,15). The molecule has 0 aromatic rings. The monoisotopic (exact) mass is 232 g/mol. The molecule has 0 saturated heterocycles. The van der Waals surface area contributed by atoms with Gasteiger partial charge in [0.05, 0.1) is 0 Å². The Hall–Kier alpha value is -0.770. The van der Waals surface area contributed by atoms with Crippen LogP contribution in [0.2, 0.25) is 0 Å². The summed E-state index contributed by atoms with van der Waals surface area (Å²) in [4.78, 5) is 22.2. The van der Waals surface area contributed by atoms with Gasteiger partial charge in [-0.15, -0.1) is 11.6 Å². The highest BCUT2D eigenvalue weighted by molar-refractivity contribution is 6.19. The van der Waals surface area contributed by atoms with Crippen LogP contribution in [0.4, 0.5) is 4.79 Å². The number of amides is 3. The van der Waals surface area contributed by atoms with Gasteiger partial charge < -0.3 is 5.32 Å². The van der Waals surface area contributed by atoms with Crippen molar-refractivity contribution in [3.8, 4) is 0 Å². The van der Waals surface area contributed by atoms with Gasteiger partial charge >= 0.3 is 6.03 Å². The average molecular weight is 233 g/mol. The highest BCUT2D eigenvalue weighted by atomic mass is 35.5. The van der Waals surface area contributed by atoms with E-state index in [-0.39, 0.29) is 23.6 Å². The summed E-state index contributed by atoms with van der Waals surface area (Å²) in [5, 5.41) is 4.93. The molecule has 0 bridgehead atoms. The molecule has 0 aromatic heterocycles. The molecule has 0 atom stereocenters. The van der Waals surface area contributed by atoms with E-state index >= 15 is 0 Å². The van der Waals surface area contributed by atoms with E-state index in [0.29, 0.717) is 6.54 Å². The lowest BCUT2D eigenvalue weighted by atomic mass is 9.70. The largest absolute Gasteiger partial charge is 0.337 e. The second kappa shape index (κ2) is 5.35. The molecule has 0 radical (unpaired) electrons. The molecule has 1 rings (SSSR count). The summed E-state index contributed by atoms with van der Waals surface area (Å²) in [6.45, 7) is 2.77. The molecule has 86 valence electrons. The Morgan fingerprint density at radius 3 is 2.53 bits per heavy atom. The maximum atomic E-state index is 11.2. The van der Waals surface area contributed by atoms with Crippen molar-refractivity contribution < 1.29 is 9.59 Å². The molecule has 0 unspecified atom stereocenters. The van der Waals surface area contributed by atoms with Crippen LogP contribution in [0.3, 0.4) is 0 Å². The molecule has 3 amide bonds. The number of rotatable bonds is 4. The molecule has 1 aliphatic carbocycles. The first-order valence-electron chi connectivity index (χ1n) is 5.19. The number of urea groups is 1. The van der Waals surface area contributed by atoms with Crippen LogP contribution in [0.1, 0.15) is 32.6 Å². The van der Waals surface area contributed by atoms with Crippen molar-refractivity contribution in [2.24, 2.45) is 5.41 Å². The molecule has 2 N–H and O–H groups in total. The van der Waals surface area contributed by atoms with Crippen molar-refractivity contribution >= 4 is 23.5 Å². The van der Waals surface area contributed by atoms with Crippen molar-refractivity contribution in [3.63, 3.8) is 0 Å². The lowest BCUT2D eigenvalue weighted by Crippen LogP contribution is -2.45. The average Bonchev–Trinajstić information content (AvgIpc) is 2.12. The Labute approximate surface area is 94.7 Å². The van der Waals surface area contributed by atoms with E-state index in [4.69, 9.17) is 11.6 Å². The van der Waals surface area contributed by atoms with E-state index in [1.807, 2.05) is 0 Å². The summed E-state index contributed by atoms with van der Waals surface area (Å²) in [5.41, 5.74) is 0.229. The summed E-state index contributed by atoms with van der Waals surface area (Å²) in [5.74, 6) is -0.0992. The number of imide groups is 1. The van der Waals surface area contributed by atoms with Gasteiger partial charge in [-0.1, -0.05) is 13.3 Å². The van der Waals surface area contributed by atoms with Gasteiger partial charge in [-0.3, -0.25) is 10.1 Å². The van der Waals surface area contributed by atoms with Crippen molar-refractivity contribution in [3.05, 3.63) is 0 Å². The molecule has 1 fully saturated rings. The van der Waals surface area contributed by atoms with Crippen molar-refractivity contribution in [1.82, 2.24) is 10.6 Å². The summed E-state index contributed by atoms with van der Waals surface area (Å²) in [6, 6.07) is -0.418. The van der Waals surface area contributed by atoms with Crippen LogP contribution < -0.4 is 10.6 Å². The van der Waals surface area contributed by atoms with Crippen LogP contribution in [0.5, 0.6) is 0 Å². The molecule has 0 aromatic carbocycles. The van der Waals surface area contributed by atoms with Crippen molar-refractivity contribution in [2.45, 2.75) is 32.6 Å². The lowest BCUT2D eigenvalue weighted by molar-refractivity contribution is -0.119. The third kappa shape index (κ3) is 4.08. The van der Waals surface area contributed by atoms with Crippen LogP contribution in [-0.2, 0) is 4.79 Å². The maximum Gasteiger partial charge on any atom is 0.321 e. The predicted molar refractivity (Wildman–Crippen MR) is 58.8 cm³/mol. The first-order valence-corrected chi connectivity index (χ1v) is 5.73. The van der Waals surface area contributed by atoms with Gasteiger partial charge in [0.25, 0.3) is 0 Å². The van der Waals surface area contributed by atoms with Crippen molar-refractivity contribution in [1.29, 1.82) is 0 Å².